The molecule has 1 aliphatic rings. The summed E-state index contributed by atoms with van der Waals surface area (Å²) in [6.45, 7) is 0. The topological polar surface area (TPSA) is 75.3 Å². The van der Waals surface area contributed by atoms with E-state index in [0.717, 1.165) is 48.5 Å². The van der Waals surface area contributed by atoms with Crippen LogP contribution < -0.4 is 5.32 Å². The monoisotopic (exact) mass is 309 g/mol. The molecule has 0 saturated heterocycles. The third kappa shape index (κ3) is 2.90. The van der Waals surface area contributed by atoms with E-state index in [4.69, 9.17) is 0 Å². The summed E-state index contributed by atoms with van der Waals surface area (Å²) in [4.78, 5) is 8.77. The van der Waals surface area contributed by atoms with Gasteiger partial charge in [-0.2, -0.15) is 0 Å². The molecule has 0 aliphatic heterocycles. The van der Waals surface area contributed by atoms with E-state index in [9.17, 15) is 5.11 Å². The van der Waals surface area contributed by atoms with Crippen LogP contribution in [0.1, 0.15) is 25.7 Å². The Kier molecular flexibility index (Phi) is 3.67. The van der Waals surface area contributed by atoms with Gasteiger partial charge in [-0.1, -0.05) is 6.07 Å². The van der Waals surface area contributed by atoms with Crippen molar-refractivity contribution in [1.82, 2.24) is 19.6 Å². The fourth-order valence-corrected chi connectivity index (χ4v) is 3.07. The van der Waals surface area contributed by atoms with Crippen molar-refractivity contribution in [2.45, 2.75) is 37.8 Å². The number of fused-ring (bicyclic) bond motifs is 1. The first kappa shape index (κ1) is 14.1. The summed E-state index contributed by atoms with van der Waals surface area (Å²) in [5, 5.41) is 17.7. The molecule has 1 fully saturated rings. The van der Waals surface area contributed by atoms with Crippen LogP contribution in [-0.4, -0.2) is 36.8 Å². The number of imidazole rings is 1. The standard InChI is InChI=1S/C17H19N5O/c23-13-6-4-12(5-7-13)20-16-8-9-17-19-11-15(22(17)21-16)14-3-1-2-10-18-14/h1-3,8-13,23H,4-7H2,(H,20,21)/t12-,13-. The maximum atomic E-state index is 9.61. The molecule has 3 aromatic heterocycles. The molecule has 1 aliphatic carbocycles. The summed E-state index contributed by atoms with van der Waals surface area (Å²) in [6, 6.07) is 10.1. The second-order valence-corrected chi connectivity index (χ2v) is 6.00. The van der Waals surface area contributed by atoms with E-state index in [0.29, 0.717) is 6.04 Å². The number of nitrogens with zero attached hydrogens (tertiary/aromatic N) is 4. The zero-order valence-electron chi connectivity index (χ0n) is 12.8. The van der Waals surface area contributed by atoms with Gasteiger partial charge in [-0.3, -0.25) is 4.98 Å². The lowest BCUT2D eigenvalue weighted by Gasteiger charge is -2.26. The third-order valence-electron chi connectivity index (χ3n) is 4.34. The molecule has 6 nitrogen and oxygen atoms in total. The Bertz CT molecular complexity index is 793. The molecule has 23 heavy (non-hydrogen) atoms. The number of anilines is 1. The summed E-state index contributed by atoms with van der Waals surface area (Å²) < 4.78 is 1.82. The van der Waals surface area contributed by atoms with Gasteiger partial charge in [0.2, 0.25) is 0 Å². The number of pyridine rings is 1. The number of aromatic nitrogens is 4. The van der Waals surface area contributed by atoms with Crippen LogP contribution in [0.5, 0.6) is 0 Å². The molecule has 3 heterocycles. The summed E-state index contributed by atoms with van der Waals surface area (Å²) in [5.74, 6) is 0.828. The summed E-state index contributed by atoms with van der Waals surface area (Å²) >= 11 is 0. The lowest BCUT2D eigenvalue weighted by Crippen LogP contribution is -2.28. The second-order valence-electron chi connectivity index (χ2n) is 6.00. The Balaban J connectivity index is 1.62. The molecule has 0 aromatic carbocycles. The van der Waals surface area contributed by atoms with Crippen LogP contribution in [-0.2, 0) is 0 Å². The van der Waals surface area contributed by atoms with Gasteiger partial charge in [-0.05, 0) is 49.9 Å². The summed E-state index contributed by atoms with van der Waals surface area (Å²) in [7, 11) is 0. The van der Waals surface area contributed by atoms with Crippen LogP contribution in [0.2, 0.25) is 0 Å². The molecule has 0 bridgehead atoms. The molecule has 0 amide bonds. The average molecular weight is 309 g/mol. The molecule has 3 aromatic rings. The predicted octanol–water partition coefficient (Wildman–Crippen LogP) is 2.51. The van der Waals surface area contributed by atoms with E-state index in [2.05, 4.69) is 20.4 Å². The summed E-state index contributed by atoms with van der Waals surface area (Å²) in [6.07, 6.45) is 7.06. The van der Waals surface area contributed by atoms with Crippen molar-refractivity contribution in [2.75, 3.05) is 5.32 Å². The lowest BCUT2D eigenvalue weighted by atomic mass is 9.93. The number of hydrogen-bond acceptors (Lipinski definition) is 5. The molecular weight excluding hydrogens is 290 g/mol. The molecule has 6 heteroatoms. The van der Waals surface area contributed by atoms with Crippen molar-refractivity contribution in [1.29, 1.82) is 0 Å². The van der Waals surface area contributed by atoms with Crippen molar-refractivity contribution < 1.29 is 5.11 Å². The van der Waals surface area contributed by atoms with Crippen LogP contribution in [0.4, 0.5) is 5.82 Å². The zero-order valence-corrected chi connectivity index (χ0v) is 12.8. The molecule has 1 saturated carbocycles. The van der Waals surface area contributed by atoms with Gasteiger partial charge in [-0.15, -0.1) is 5.10 Å². The van der Waals surface area contributed by atoms with E-state index in [1.807, 2.05) is 34.8 Å². The quantitative estimate of drug-likeness (QED) is 0.777. The number of aliphatic hydroxyl groups is 1. The van der Waals surface area contributed by atoms with Gasteiger partial charge in [0, 0.05) is 12.2 Å². The summed E-state index contributed by atoms with van der Waals surface area (Å²) in [5.41, 5.74) is 2.53. The third-order valence-corrected chi connectivity index (χ3v) is 4.34. The van der Waals surface area contributed by atoms with E-state index in [1.54, 1.807) is 12.4 Å². The van der Waals surface area contributed by atoms with Crippen molar-refractivity contribution in [3.05, 3.63) is 42.7 Å². The lowest BCUT2D eigenvalue weighted by molar-refractivity contribution is 0.126. The van der Waals surface area contributed by atoms with E-state index < -0.39 is 0 Å². The Morgan fingerprint density at radius 2 is 1.91 bits per heavy atom. The van der Waals surface area contributed by atoms with Crippen molar-refractivity contribution in [3.63, 3.8) is 0 Å². The normalized spacial score (nSPS) is 21.4. The van der Waals surface area contributed by atoms with Gasteiger partial charge in [0.15, 0.2) is 5.65 Å². The van der Waals surface area contributed by atoms with Gasteiger partial charge in [0.05, 0.1) is 18.0 Å². The molecule has 0 unspecified atom stereocenters. The minimum absolute atomic E-state index is 0.145. The average Bonchev–Trinajstić information content (AvgIpc) is 3.01. The Morgan fingerprint density at radius 1 is 1.04 bits per heavy atom. The highest BCUT2D eigenvalue weighted by molar-refractivity contribution is 5.60. The highest BCUT2D eigenvalue weighted by atomic mass is 16.3. The largest absolute Gasteiger partial charge is 0.393 e. The highest BCUT2D eigenvalue weighted by Gasteiger charge is 2.19. The fourth-order valence-electron chi connectivity index (χ4n) is 3.07. The van der Waals surface area contributed by atoms with Crippen molar-refractivity contribution in [2.24, 2.45) is 0 Å². The van der Waals surface area contributed by atoms with Gasteiger partial charge in [-0.25, -0.2) is 9.50 Å². The molecular formula is C17H19N5O. The Hall–Kier alpha value is -2.47. The number of hydrogen-bond donors (Lipinski definition) is 2. The maximum Gasteiger partial charge on any atom is 0.154 e. The minimum Gasteiger partial charge on any atom is -0.393 e. The minimum atomic E-state index is -0.145. The van der Waals surface area contributed by atoms with Crippen LogP contribution in [0.15, 0.2) is 42.7 Å². The van der Waals surface area contributed by atoms with Crippen molar-refractivity contribution >= 4 is 11.5 Å². The van der Waals surface area contributed by atoms with Gasteiger partial charge >= 0.3 is 0 Å². The van der Waals surface area contributed by atoms with E-state index in [1.165, 1.54) is 0 Å². The molecule has 0 spiro atoms. The first-order valence-corrected chi connectivity index (χ1v) is 8.00. The zero-order chi connectivity index (χ0) is 15.6. The molecule has 4 rings (SSSR count). The number of rotatable bonds is 3. The second kappa shape index (κ2) is 5.96. The highest BCUT2D eigenvalue weighted by Crippen LogP contribution is 2.23. The smallest absolute Gasteiger partial charge is 0.154 e. The van der Waals surface area contributed by atoms with Crippen LogP contribution in [0, 0.1) is 0 Å². The van der Waals surface area contributed by atoms with Gasteiger partial charge < -0.3 is 10.4 Å². The van der Waals surface area contributed by atoms with E-state index in [-0.39, 0.29) is 6.10 Å². The molecule has 2 N–H and O–H groups in total. The first-order chi connectivity index (χ1) is 11.3. The van der Waals surface area contributed by atoms with Gasteiger partial charge in [0.1, 0.15) is 11.5 Å². The van der Waals surface area contributed by atoms with Crippen LogP contribution >= 0.6 is 0 Å². The Labute approximate surface area is 134 Å². The SMILES string of the molecule is O[C@H]1CC[C@H](Nc2ccc3ncc(-c4ccccn4)n3n2)CC1. The Morgan fingerprint density at radius 3 is 2.70 bits per heavy atom. The number of nitrogens with one attached hydrogen (secondary N) is 1. The van der Waals surface area contributed by atoms with Crippen LogP contribution in [0.3, 0.4) is 0 Å². The van der Waals surface area contributed by atoms with Gasteiger partial charge in [0.25, 0.3) is 0 Å². The maximum absolute atomic E-state index is 9.61. The fraction of sp³-hybridized carbons (Fsp3) is 0.353. The first-order valence-electron chi connectivity index (χ1n) is 8.00. The van der Waals surface area contributed by atoms with Crippen LogP contribution in [0.25, 0.3) is 17.0 Å². The number of aliphatic hydroxyl groups excluding tert-OH is 1. The van der Waals surface area contributed by atoms with E-state index >= 15 is 0 Å². The molecule has 0 radical (unpaired) electrons. The molecule has 118 valence electrons. The predicted molar refractivity (Wildman–Crippen MR) is 88.1 cm³/mol. The molecule has 0 atom stereocenters. The van der Waals surface area contributed by atoms with Crippen molar-refractivity contribution in [3.8, 4) is 11.4 Å².